The van der Waals surface area contributed by atoms with Crippen LogP contribution in [0.3, 0.4) is 0 Å². The van der Waals surface area contributed by atoms with Crippen molar-refractivity contribution in [2.75, 3.05) is 19.8 Å². The maximum absolute atomic E-state index is 11.6. The summed E-state index contributed by atoms with van der Waals surface area (Å²) in [7, 11) is -0.306. The highest BCUT2D eigenvalue weighted by Crippen LogP contribution is 2.29. The fourth-order valence-corrected chi connectivity index (χ4v) is 3.27. The molecule has 0 spiro atoms. The monoisotopic (exact) mass is 220 g/mol. The number of anilines is 1. The van der Waals surface area contributed by atoms with E-state index in [4.69, 9.17) is 5.73 Å². The predicted octanol–water partition coefficient (Wildman–Crippen LogP) is 0.889. The molecular weight excluding hydrogens is 208 g/mol. The molecule has 0 bridgehead atoms. The van der Waals surface area contributed by atoms with Gasteiger partial charge < -0.3 is 5.73 Å². The fourth-order valence-electron chi connectivity index (χ4n) is 0.773. The molecule has 0 atom stereocenters. The van der Waals surface area contributed by atoms with Gasteiger partial charge in [0.1, 0.15) is 4.21 Å². The lowest BCUT2D eigenvalue weighted by molar-refractivity contribution is 0.523. The van der Waals surface area contributed by atoms with E-state index in [0.717, 1.165) is 16.9 Å². The maximum Gasteiger partial charge on any atom is 0.252 e. The minimum Gasteiger partial charge on any atom is -0.390 e. The molecule has 74 valence electrons. The lowest BCUT2D eigenvalue weighted by Gasteiger charge is -2.07. The van der Waals surface area contributed by atoms with Gasteiger partial charge in [-0.3, -0.25) is 0 Å². The van der Waals surface area contributed by atoms with Crippen molar-refractivity contribution in [3.8, 4) is 0 Å². The van der Waals surface area contributed by atoms with Gasteiger partial charge in [0, 0.05) is 14.1 Å². The molecule has 0 aliphatic rings. The molecule has 6 heteroatoms. The summed E-state index contributed by atoms with van der Waals surface area (Å²) in [5.74, 6) is 0. The van der Waals surface area contributed by atoms with Crippen LogP contribution in [0, 0.1) is 6.92 Å². The van der Waals surface area contributed by atoms with Crippen LogP contribution in [0.25, 0.3) is 0 Å². The molecule has 13 heavy (non-hydrogen) atoms. The second-order valence-electron chi connectivity index (χ2n) is 2.90. The first-order valence-corrected chi connectivity index (χ1v) is 5.90. The van der Waals surface area contributed by atoms with Gasteiger partial charge in [-0.1, -0.05) is 0 Å². The fraction of sp³-hybridized carbons (Fsp3) is 0.429. The highest BCUT2D eigenvalue weighted by molar-refractivity contribution is 7.91. The Morgan fingerprint density at radius 2 is 2.00 bits per heavy atom. The van der Waals surface area contributed by atoms with Crippen molar-refractivity contribution in [1.82, 2.24) is 4.31 Å². The van der Waals surface area contributed by atoms with Crippen LogP contribution in [0.4, 0.5) is 5.00 Å². The van der Waals surface area contributed by atoms with Crippen molar-refractivity contribution in [3.63, 3.8) is 0 Å². The van der Waals surface area contributed by atoms with Crippen molar-refractivity contribution in [2.45, 2.75) is 11.1 Å². The number of nitrogens with zero attached hydrogens (tertiary/aromatic N) is 1. The second-order valence-corrected chi connectivity index (χ2v) is 6.36. The smallest absolute Gasteiger partial charge is 0.252 e. The summed E-state index contributed by atoms with van der Waals surface area (Å²) in [5, 5.41) is 0.556. The lowest BCUT2D eigenvalue weighted by atomic mass is 10.4. The molecule has 0 saturated carbocycles. The van der Waals surface area contributed by atoms with Crippen LogP contribution < -0.4 is 5.73 Å². The molecule has 4 nitrogen and oxygen atoms in total. The Labute approximate surface area is 82.0 Å². The Bertz CT molecular complexity index is 387. The molecule has 0 fully saturated rings. The molecule has 0 aromatic carbocycles. The number of aryl methyl sites for hydroxylation is 1. The summed E-state index contributed by atoms with van der Waals surface area (Å²) in [6.45, 7) is 1.79. The average molecular weight is 220 g/mol. The largest absolute Gasteiger partial charge is 0.390 e. The van der Waals surface area contributed by atoms with Crippen LogP contribution >= 0.6 is 11.3 Å². The molecule has 1 aromatic heterocycles. The Kier molecular flexibility index (Phi) is 2.65. The molecule has 0 aliphatic carbocycles. The van der Waals surface area contributed by atoms with Gasteiger partial charge in [-0.05, 0) is 18.6 Å². The maximum atomic E-state index is 11.6. The third-order valence-corrected chi connectivity index (χ3v) is 5.00. The van der Waals surface area contributed by atoms with Crippen LogP contribution in [0.1, 0.15) is 5.56 Å². The molecule has 0 saturated heterocycles. The van der Waals surface area contributed by atoms with Gasteiger partial charge in [-0.2, -0.15) is 0 Å². The zero-order valence-corrected chi connectivity index (χ0v) is 9.37. The molecule has 0 aliphatic heterocycles. The first-order chi connectivity index (χ1) is 5.85. The van der Waals surface area contributed by atoms with E-state index < -0.39 is 10.0 Å². The van der Waals surface area contributed by atoms with E-state index in [2.05, 4.69) is 0 Å². The van der Waals surface area contributed by atoms with Crippen LogP contribution in [0.5, 0.6) is 0 Å². The van der Waals surface area contributed by atoms with Gasteiger partial charge in [-0.25, -0.2) is 12.7 Å². The van der Waals surface area contributed by atoms with E-state index in [1.165, 1.54) is 18.4 Å². The number of hydrogen-bond acceptors (Lipinski definition) is 4. The van der Waals surface area contributed by atoms with E-state index in [1.54, 1.807) is 13.0 Å². The SMILES string of the molecule is Cc1cc(S(=O)(=O)N(C)C)sc1N. The standard InChI is InChI=1S/C7H12N2O2S2/c1-5-4-6(12-7(5)8)13(10,11)9(2)3/h4H,8H2,1-3H3. The van der Waals surface area contributed by atoms with E-state index in [1.807, 2.05) is 0 Å². The Hall–Kier alpha value is -0.590. The number of sulfonamides is 1. The third-order valence-electron chi connectivity index (χ3n) is 1.67. The van der Waals surface area contributed by atoms with Crippen LogP contribution in [-0.4, -0.2) is 26.8 Å². The predicted molar refractivity (Wildman–Crippen MR) is 54.3 cm³/mol. The van der Waals surface area contributed by atoms with Gasteiger partial charge in [-0.15, -0.1) is 11.3 Å². The van der Waals surface area contributed by atoms with Crippen LogP contribution in [0.15, 0.2) is 10.3 Å². The zero-order chi connectivity index (χ0) is 10.2. The van der Waals surface area contributed by atoms with Crippen molar-refractivity contribution < 1.29 is 8.42 Å². The minimum absolute atomic E-state index is 0.299. The number of nitrogen functional groups attached to an aromatic ring is 1. The van der Waals surface area contributed by atoms with Crippen LogP contribution in [-0.2, 0) is 10.0 Å². The minimum atomic E-state index is -3.31. The van der Waals surface area contributed by atoms with Crippen molar-refractivity contribution in [1.29, 1.82) is 0 Å². The summed E-state index contributed by atoms with van der Waals surface area (Å²) in [6.07, 6.45) is 0. The lowest BCUT2D eigenvalue weighted by Crippen LogP contribution is -2.21. The zero-order valence-electron chi connectivity index (χ0n) is 7.73. The number of hydrogen-bond donors (Lipinski definition) is 1. The normalized spacial score (nSPS) is 12.3. The Balaban J connectivity index is 3.24. The molecule has 2 N–H and O–H groups in total. The number of rotatable bonds is 2. The van der Waals surface area contributed by atoms with Gasteiger partial charge in [0.2, 0.25) is 0 Å². The van der Waals surface area contributed by atoms with E-state index >= 15 is 0 Å². The molecular formula is C7H12N2O2S2. The van der Waals surface area contributed by atoms with Gasteiger partial charge in [0.25, 0.3) is 10.0 Å². The highest BCUT2D eigenvalue weighted by atomic mass is 32.2. The van der Waals surface area contributed by atoms with Crippen molar-refractivity contribution in [2.24, 2.45) is 0 Å². The highest BCUT2D eigenvalue weighted by Gasteiger charge is 2.20. The summed E-state index contributed by atoms with van der Waals surface area (Å²) in [4.78, 5) is 0. The first kappa shape index (κ1) is 10.5. The number of thiophene rings is 1. The first-order valence-electron chi connectivity index (χ1n) is 3.64. The second kappa shape index (κ2) is 3.28. The molecule has 1 heterocycles. The van der Waals surface area contributed by atoms with E-state index in [0.29, 0.717) is 9.21 Å². The average Bonchev–Trinajstić information content (AvgIpc) is 2.32. The summed E-state index contributed by atoms with van der Waals surface area (Å²) in [5.41, 5.74) is 6.38. The number of nitrogens with two attached hydrogens (primary N) is 1. The van der Waals surface area contributed by atoms with E-state index in [-0.39, 0.29) is 0 Å². The van der Waals surface area contributed by atoms with Crippen LogP contribution in [0.2, 0.25) is 0 Å². The quantitative estimate of drug-likeness (QED) is 0.805. The molecule has 0 unspecified atom stereocenters. The third kappa shape index (κ3) is 1.84. The Morgan fingerprint density at radius 1 is 1.46 bits per heavy atom. The summed E-state index contributed by atoms with van der Waals surface area (Å²) >= 11 is 1.10. The topological polar surface area (TPSA) is 63.4 Å². The van der Waals surface area contributed by atoms with Gasteiger partial charge >= 0.3 is 0 Å². The Morgan fingerprint density at radius 3 is 2.31 bits per heavy atom. The molecule has 1 rings (SSSR count). The molecule has 1 aromatic rings. The van der Waals surface area contributed by atoms with Crippen molar-refractivity contribution >= 4 is 26.4 Å². The molecule has 0 radical (unpaired) electrons. The van der Waals surface area contributed by atoms with Gasteiger partial charge in [0.15, 0.2) is 0 Å². The van der Waals surface area contributed by atoms with Gasteiger partial charge in [0.05, 0.1) is 5.00 Å². The van der Waals surface area contributed by atoms with E-state index in [9.17, 15) is 8.42 Å². The summed E-state index contributed by atoms with van der Waals surface area (Å²) in [6, 6.07) is 1.59. The summed E-state index contributed by atoms with van der Waals surface area (Å²) < 4.78 is 24.6. The molecule has 0 amide bonds. The van der Waals surface area contributed by atoms with Crippen molar-refractivity contribution in [3.05, 3.63) is 11.6 Å².